The van der Waals surface area contributed by atoms with Crippen LogP contribution in [0.15, 0.2) is 10.9 Å². The predicted octanol–water partition coefficient (Wildman–Crippen LogP) is 2.37. The molecule has 0 aliphatic rings. The lowest BCUT2D eigenvalue weighted by Gasteiger charge is -2.09. The van der Waals surface area contributed by atoms with E-state index in [4.69, 9.17) is 4.74 Å². The van der Waals surface area contributed by atoms with Gasteiger partial charge in [-0.05, 0) is 12.3 Å². The molecule has 0 radical (unpaired) electrons. The number of anilines is 1. The lowest BCUT2D eigenvalue weighted by atomic mass is 10.2. The van der Waals surface area contributed by atoms with Crippen molar-refractivity contribution in [1.29, 1.82) is 0 Å². The number of hydrogen-bond donors (Lipinski definition) is 2. The van der Waals surface area contributed by atoms with E-state index in [2.05, 4.69) is 29.1 Å². The Morgan fingerprint density at radius 3 is 2.74 bits per heavy atom. The van der Waals surface area contributed by atoms with Gasteiger partial charge < -0.3 is 15.0 Å². The van der Waals surface area contributed by atoms with E-state index in [1.807, 2.05) is 13.8 Å². The van der Waals surface area contributed by atoms with Crippen molar-refractivity contribution < 1.29 is 4.74 Å². The van der Waals surface area contributed by atoms with Gasteiger partial charge in [-0.25, -0.2) is 4.98 Å². The molecule has 1 aromatic heterocycles. The maximum atomic E-state index is 11.5. The summed E-state index contributed by atoms with van der Waals surface area (Å²) in [5.74, 6) is 2.13. The highest BCUT2D eigenvalue weighted by Crippen LogP contribution is 2.08. The molecule has 2 N–H and O–H groups in total. The Hall–Kier alpha value is -1.36. The SMILES string of the molecule is CC(C)COCCCNc1cc(=O)[nH]c(C(C)C)n1. The van der Waals surface area contributed by atoms with Crippen LogP contribution in [0, 0.1) is 5.92 Å². The predicted molar refractivity (Wildman–Crippen MR) is 77.7 cm³/mol. The fourth-order valence-corrected chi connectivity index (χ4v) is 1.55. The van der Waals surface area contributed by atoms with Crippen LogP contribution in [0.1, 0.15) is 45.9 Å². The van der Waals surface area contributed by atoms with Crippen LogP contribution in [-0.4, -0.2) is 29.7 Å². The highest BCUT2D eigenvalue weighted by atomic mass is 16.5. The zero-order valence-electron chi connectivity index (χ0n) is 12.3. The third-order valence-corrected chi connectivity index (χ3v) is 2.53. The van der Waals surface area contributed by atoms with E-state index < -0.39 is 0 Å². The van der Waals surface area contributed by atoms with Gasteiger partial charge in [-0.3, -0.25) is 4.79 Å². The maximum Gasteiger partial charge on any atom is 0.252 e. The molecule has 0 saturated heterocycles. The monoisotopic (exact) mass is 267 g/mol. The van der Waals surface area contributed by atoms with Crippen molar-refractivity contribution in [2.45, 2.75) is 40.0 Å². The van der Waals surface area contributed by atoms with E-state index in [9.17, 15) is 4.79 Å². The standard InChI is InChI=1S/C14H25N3O2/c1-10(2)9-19-7-5-6-15-12-8-13(18)17-14(16-12)11(3)4/h8,10-11H,5-7,9H2,1-4H3,(H2,15,16,17,18). The van der Waals surface area contributed by atoms with Crippen molar-refractivity contribution in [1.82, 2.24) is 9.97 Å². The summed E-state index contributed by atoms with van der Waals surface area (Å²) >= 11 is 0. The molecule has 0 saturated carbocycles. The molecule has 0 aromatic carbocycles. The van der Waals surface area contributed by atoms with Gasteiger partial charge in [-0.2, -0.15) is 0 Å². The topological polar surface area (TPSA) is 67.0 Å². The van der Waals surface area contributed by atoms with Crippen molar-refractivity contribution in [3.63, 3.8) is 0 Å². The van der Waals surface area contributed by atoms with Crippen LogP contribution in [0.5, 0.6) is 0 Å². The Morgan fingerprint density at radius 2 is 2.11 bits per heavy atom. The first-order chi connectivity index (χ1) is 8.99. The van der Waals surface area contributed by atoms with Gasteiger partial charge in [-0.15, -0.1) is 0 Å². The Labute approximate surface area is 114 Å². The third-order valence-electron chi connectivity index (χ3n) is 2.53. The molecule has 1 heterocycles. The summed E-state index contributed by atoms with van der Waals surface area (Å²) in [6.45, 7) is 10.5. The molecule has 108 valence electrons. The van der Waals surface area contributed by atoms with Crippen molar-refractivity contribution in [2.75, 3.05) is 25.1 Å². The van der Waals surface area contributed by atoms with Crippen LogP contribution in [0.4, 0.5) is 5.82 Å². The lowest BCUT2D eigenvalue weighted by Crippen LogP contribution is -2.16. The first-order valence-electron chi connectivity index (χ1n) is 6.92. The molecule has 0 aliphatic heterocycles. The Balaban J connectivity index is 2.35. The lowest BCUT2D eigenvalue weighted by molar-refractivity contribution is 0.110. The second-order valence-electron chi connectivity index (χ2n) is 5.42. The molecule has 1 aromatic rings. The number of hydrogen-bond acceptors (Lipinski definition) is 4. The van der Waals surface area contributed by atoms with Gasteiger partial charge in [-0.1, -0.05) is 27.7 Å². The third kappa shape index (κ3) is 6.38. The van der Waals surface area contributed by atoms with Gasteiger partial charge in [0.2, 0.25) is 0 Å². The molecule has 0 unspecified atom stereocenters. The number of aromatic nitrogens is 2. The summed E-state index contributed by atoms with van der Waals surface area (Å²) < 4.78 is 5.49. The van der Waals surface area contributed by atoms with E-state index in [1.54, 1.807) is 0 Å². The van der Waals surface area contributed by atoms with Gasteiger partial charge in [0.1, 0.15) is 11.6 Å². The van der Waals surface area contributed by atoms with Crippen molar-refractivity contribution in [2.24, 2.45) is 5.92 Å². The van der Waals surface area contributed by atoms with E-state index >= 15 is 0 Å². The molecule has 0 bridgehead atoms. The van der Waals surface area contributed by atoms with E-state index in [0.717, 1.165) is 26.2 Å². The largest absolute Gasteiger partial charge is 0.381 e. The number of nitrogens with one attached hydrogen (secondary N) is 2. The summed E-state index contributed by atoms with van der Waals surface area (Å²) in [6, 6.07) is 1.49. The van der Waals surface area contributed by atoms with E-state index in [0.29, 0.717) is 17.6 Å². The molecule has 0 amide bonds. The molecule has 0 spiro atoms. The smallest absolute Gasteiger partial charge is 0.252 e. The fourth-order valence-electron chi connectivity index (χ4n) is 1.55. The van der Waals surface area contributed by atoms with Crippen LogP contribution < -0.4 is 10.9 Å². The molecule has 0 fully saturated rings. The summed E-state index contributed by atoms with van der Waals surface area (Å²) in [6.07, 6.45) is 0.901. The first-order valence-corrected chi connectivity index (χ1v) is 6.92. The summed E-state index contributed by atoms with van der Waals surface area (Å²) in [5.41, 5.74) is -0.114. The average molecular weight is 267 g/mol. The van der Waals surface area contributed by atoms with Gasteiger partial charge in [0.15, 0.2) is 0 Å². The second kappa shape index (κ2) is 7.94. The van der Waals surface area contributed by atoms with Crippen LogP contribution in [0.25, 0.3) is 0 Å². The Morgan fingerprint density at radius 1 is 1.37 bits per heavy atom. The molecular formula is C14H25N3O2. The molecule has 0 atom stereocenters. The molecule has 1 rings (SSSR count). The highest BCUT2D eigenvalue weighted by Gasteiger charge is 2.04. The fraction of sp³-hybridized carbons (Fsp3) is 0.714. The molecule has 5 heteroatoms. The van der Waals surface area contributed by atoms with Crippen LogP contribution in [-0.2, 0) is 4.74 Å². The Bertz CT molecular complexity index is 427. The molecule has 19 heavy (non-hydrogen) atoms. The van der Waals surface area contributed by atoms with Crippen LogP contribution in [0.2, 0.25) is 0 Å². The van der Waals surface area contributed by atoms with Crippen LogP contribution >= 0.6 is 0 Å². The first kappa shape index (κ1) is 15.7. The molecule has 0 aliphatic carbocycles. The second-order valence-corrected chi connectivity index (χ2v) is 5.42. The normalized spacial score (nSPS) is 11.3. The maximum absolute atomic E-state index is 11.5. The minimum atomic E-state index is -0.114. The number of rotatable bonds is 8. The summed E-state index contributed by atoms with van der Waals surface area (Å²) in [4.78, 5) is 18.6. The summed E-state index contributed by atoms with van der Waals surface area (Å²) in [5, 5.41) is 3.16. The van der Waals surface area contributed by atoms with Gasteiger partial charge in [0, 0.05) is 31.7 Å². The highest BCUT2D eigenvalue weighted by molar-refractivity contribution is 5.33. The Kier molecular flexibility index (Phi) is 6.56. The van der Waals surface area contributed by atoms with Crippen molar-refractivity contribution in [3.05, 3.63) is 22.2 Å². The zero-order chi connectivity index (χ0) is 14.3. The van der Waals surface area contributed by atoms with E-state index in [1.165, 1.54) is 6.07 Å². The molecule has 5 nitrogen and oxygen atoms in total. The molecular weight excluding hydrogens is 242 g/mol. The number of H-pyrrole nitrogens is 1. The minimum Gasteiger partial charge on any atom is -0.381 e. The summed E-state index contributed by atoms with van der Waals surface area (Å²) in [7, 11) is 0. The van der Waals surface area contributed by atoms with Gasteiger partial charge in [0.25, 0.3) is 5.56 Å². The van der Waals surface area contributed by atoms with E-state index in [-0.39, 0.29) is 11.5 Å². The van der Waals surface area contributed by atoms with Crippen molar-refractivity contribution in [3.8, 4) is 0 Å². The minimum absolute atomic E-state index is 0.114. The van der Waals surface area contributed by atoms with Crippen molar-refractivity contribution >= 4 is 5.82 Å². The number of ether oxygens (including phenoxy) is 1. The quantitative estimate of drug-likeness (QED) is 0.710. The number of aromatic amines is 1. The number of nitrogens with zero attached hydrogens (tertiary/aromatic N) is 1. The van der Waals surface area contributed by atoms with Crippen LogP contribution in [0.3, 0.4) is 0 Å². The average Bonchev–Trinajstić information content (AvgIpc) is 2.32. The van der Waals surface area contributed by atoms with Gasteiger partial charge >= 0.3 is 0 Å². The van der Waals surface area contributed by atoms with Gasteiger partial charge in [0.05, 0.1) is 0 Å². The zero-order valence-corrected chi connectivity index (χ0v) is 12.3.